The van der Waals surface area contributed by atoms with Crippen molar-refractivity contribution in [1.82, 2.24) is 0 Å². The molecule has 5 atom stereocenters. The van der Waals surface area contributed by atoms with Gasteiger partial charge in [0.15, 0.2) is 8.32 Å². The largest absolute Gasteiger partial charge is 0.408 e. The molecular formula is C34H54O6Si2. The Balaban J connectivity index is 2.05. The number of hydrogen-bond donors (Lipinski definition) is 1. The zero-order chi connectivity index (χ0) is 31.2. The summed E-state index contributed by atoms with van der Waals surface area (Å²) in [5.74, 6) is -1.64. The molecule has 1 aliphatic rings. The quantitative estimate of drug-likeness (QED) is 0.261. The van der Waals surface area contributed by atoms with Gasteiger partial charge in [0.05, 0.1) is 12.7 Å². The second kappa shape index (κ2) is 14.4. The average Bonchev–Trinajstić information content (AvgIpc) is 2.97. The summed E-state index contributed by atoms with van der Waals surface area (Å²) in [6, 6.07) is 23.9. The fourth-order valence-corrected chi connectivity index (χ4v) is 14.2. The standard InChI is InChI=1S/C34H54O6Si2/c1-10-41(11-2,12-3)40-31(24-27(5)35)34(37-9)32(36)26(4)23-28(39-34)25-38-42(33(6,7)8,29-19-15-13-16-20-29)30-21-17-14-18-22-30/h13-22,26,28,31-32,36H,10-12,23-25H2,1-9H3/t26-,28-,31-,32+,34-/m1/s1. The molecule has 8 heteroatoms. The molecule has 0 unspecified atom stereocenters. The van der Waals surface area contributed by atoms with E-state index < -0.39 is 34.6 Å². The van der Waals surface area contributed by atoms with Crippen molar-refractivity contribution in [3.63, 3.8) is 0 Å². The minimum atomic E-state index is -2.80. The van der Waals surface area contributed by atoms with Gasteiger partial charge in [-0.05, 0) is 52.8 Å². The van der Waals surface area contributed by atoms with Gasteiger partial charge >= 0.3 is 0 Å². The molecule has 1 heterocycles. The summed E-state index contributed by atoms with van der Waals surface area (Å²) in [4.78, 5) is 12.6. The molecule has 1 saturated heterocycles. The molecule has 2 aromatic carbocycles. The van der Waals surface area contributed by atoms with Crippen LogP contribution < -0.4 is 10.4 Å². The zero-order valence-electron chi connectivity index (χ0n) is 27.3. The third-order valence-electron chi connectivity index (χ3n) is 9.41. The van der Waals surface area contributed by atoms with E-state index in [1.807, 2.05) is 19.1 Å². The van der Waals surface area contributed by atoms with Crippen molar-refractivity contribution in [3.05, 3.63) is 60.7 Å². The van der Waals surface area contributed by atoms with E-state index in [-0.39, 0.29) is 29.3 Å². The molecular weight excluding hydrogens is 561 g/mol. The number of Topliss-reactive ketones (excluding diaryl/α,β-unsaturated/α-hetero) is 1. The van der Waals surface area contributed by atoms with E-state index in [2.05, 4.69) is 90.1 Å². The summed E-state index contributed by atoms with van der Waals surface area (Å²) >= 11 is 0. The molecule has 0 amide bonds. The zero-order valence-corrected chi connectivity index (χ0v) is 29.3. The summed E-state index contributed by atoms with van der Waals surface area (Å²) in [5, 5.41) is 13.9. The molecule has 0 aromatic heterocycles. The lowest BCUT2D eigenvalue weighted by atomic mass is 9.84. The van der Waals surface area contributed by atoms with Crippen LogP contribution in [-0.2, 0) is 23.1 Å². The summed E-state index contributed by atoms with van der Waals surface area (Å²) in [6.45, 7) is 17.2. The molecule has 0 radical (unpaired) electrons. The molecule has 0 bridgehead atoms. The number of rotatable bonds is 14. The molecule has 0 saturated carbocycles. The molecule has 2 aromatic rings. The highest BCUT2D eigenvalue weighted by molar-refractivity contribution is 6.99. The van der Waals surface area contributed by atoms with Crippen LogP contribution in [0.1, 0.15) is 68.2 Å². The summed E-state index contributed by atoms with van der Waals surface area (Å²) in [7, 11) is -3.42. The van der Waals surface area contributed by atoms with Crippen LogP contribution in [0.3, 0.4) is 0 Å². The molecule has 0 spiro atoms. The second-order valence-electron chi connectivity index (χ2n) is 13.1. The lowest BCUT2D eigenvalue weighted by Crippen LogP contribution is -2.68. The number of ketones is 1. The molecule has 234 valence electrons. The Morgan fingerprint density at radius 1 is 1.00 bits per heavy atom. The van der Waals surface area contributed by atoms with Crippen molar-refractivity contribution in [1.29, 1.82) is 0 Å². The van der Waals surface area contributed by atoms with Gasteiger partial charge < -0.3 is 23.4 Å². The summed E-state index contributed by atoms with van der Waals surface area (Å²) in [5.41, 5.74) is 0. The van der Waals surface area contributed by atoms with Gasteiger partial charge in [0.1, 0.15) is 18.0 Å². The highest BCUT2D eigenvalue weighted by atomic mass is 28.4. The second-order valence-corrected chi connectivity index (χ2v) is 22.1. The number of methoxy groups -OCH3 is 1. The topological polar surface area (TPSA) is 74.2 Å². The number of aliphatic hydroxyl groups excluding tert-OH is 1. The first-order valence-corrected chi connectivity index (χ1v) is 20.1. The van der Waals surface area contributed by atoms with Gasteiger partial charge in [-0.1, -0.05) is 109 Å². The van der Waals surface area contributed by atoms with Gasteiger partial charge in [-0.2, -0.15) is 0 Å². The molecule has 0 aliphatic carbocycles. The number of aliphatic hydroxyl groups is 1. The number of hydrogen-bond acceptors (Lipinski definition) is 6. The molecule has 42 heavy (non-hydrogen) atoms. The number of carbonyl (C=O) groups is 1. The third-order valence-corrected chi connectivity index (χ3v) is 19.1. The van der Waals surface area contributed by atoms with Crippen LogP contribution in [0.4, 0.5) is 0 Å². The van der Waals surface area contributed by atoms with E-state index in [9.17, 15) is 9.90 Å². The highest BCUT2D eigenvalue weighted by Gasteiger charge is 2.57. The Morgan fingerprint density at radius 2 is 1.50 bits per heavy atom. The van der Waals surface area contributed by atoms with Gasteiger partial charge in [-0.3, -0.25) is 4.79 Å². The van der Waals surface area contributed by atoms with E-state index in [1.165, 1.54) is 10.4 Å². The third kappa shape index (κ3) is 7.01. The Hall–Kier alpha value is -1.66. The smallest absolute Gasteiger partial charge is 0.261 e. The Kier molecular flexibility index (Phi) is 12.0. The van der Waals surface area contributed by atoms with Gasteiger partial charge in [0, 0.05) is 13.5 Å². The monoisotopic (exact) mass is 614 g/mol. The number of benzene rings is 2. The van der Waals surface area contributed by atoms with Gasteiger partial charge in [-0.15, -0.1) is 0 Å². The van der Waals surface area contributed by atoms with Crippen molar-refractivity contribution in [2.24, 2.45) is 5.92 Å². The summed E-state index contributed by atoms with van der Waals surface area (Å²) < 4.78 is 27.1. The minimum absolute atomic E-state index is 0.0169. The van der Waals surface area contributed by atoms with E-state index in [1.54, 1.807) is 14.0 Å². The van der Waals surface area contributed by atoms with Crippen molar-refractivity contribution in [2.45, 2.75) is 116 Å². The fourth-order valence-electron chi connectivity index (χ4n) is 6.80. The minimum Gasteiger partial charge on any atom is -0.408 e. The van der Waals surface area contributed by atoms with Crippen molar-refractivity contribution >= 4 is 32.8 Å². The molecule has 1 fully saturated rings. The van der Waals surface area contributed by atoms with Crippen molar-refractivity contribution < 1.29 is 28.2 Å². The molecule has 3 rings (SSSR count). The lowest BCUT2D eigenvalue weighted by molar-refractivity contribution is -0.355. The molecule has 1 aliphatic heterocycles. The highest BCUT2D eigenvalue weighted by Crippen LogP contribution is 2.42. The summed E-state index contributed by atoms with van der Waals surface area (Å²) in [6.07, 6.45) is -1.29. The maximum absolute atomic E-state index is 12.6. The van der Waals surface area contributed by atoms with Crippen LogP contribution in [0.2, 0.25) is 23.2 Å². The predicted octanol–water partition coefficient (Wildman–Crippen LogP) is 6.06. The fraction of sp³-hybridized carbons (Fsp3) is 0.618. The Labute approximate surface area is 256 Å². The van der Waals surface area contributed by atoms with E-state index in [4.69, 9.17) is 18.3 Å². The average molecular weight is 615 g/mol. The van der Waals surface area contributed by atoms with E-state index in [0.29, 0.717) is 13.0 Å². The normalized spacial score (nSPS) is 24.4. The number of carbonyl (C=O) groups excluding carboxylic acids is 1. The van der Waals surface area contributed by atoms with Crippen LogP contribution in [0.15, 0.2) is 60.7 Å². The van der Waals surface area contributed by atoms with Crippen molar-refractivity contribution in [2.75, 3.05) is 13.7 Å². The number of ether oxygens (including phenoxy) is 2. The molecule has 6 nitrogen and oxygen atoms in total. The van der Waals surface area contributed by atoms with Crippen LogP contribution in [0, 0.1) is 5.92 Å². The maximum Gasteiger partial charge on any atom is 0.261 e. The maximum atomic E-state index is 12.6. The first kappa shape index (κ1) is 34.8. The van der Waals surface area contributed by atoms with Crippen LogP contribution in [0.5, 0.6) is 0 Å². The van der Waals surface area contributed by atoms with Crippen LogP contribution in [0.25, 0.3) is 0 Å². The van der Waals surface area contributed by atoms with Crippen LogP contribution >= 0.6 is 0 Å². The predicted molar refractivity (Wildman–Crippen MR) is 175 cm³/mol. The lowest BCUT2D eigenvalue weighted by Gasteiger charge is -2.52. The Morgan fingerprint density at radius 3 is 1.90 bits per heavy atom. The van der Waals surface area contributed by atoms with Gasteiger partial charge in [-0.25, -0.2) is 0 Å². The first-order chi connectivity index (χ1) is 19.8. The van der Waals surface area contributed by atoms with Gasteiger partial charge in [0.2, 0.25) is 5.79 Å². The SMILES string of the molecule is CC[Si](CC)(CC)O[C@H](CC(C)=O)[C@@]1(OC)O[C@@H](CO[Si](c2ccccc2)(c2ccccc2)C(C)(C)C)C[C@@H](C)[C@@H]1O. The van der Waals surface area contributed by atoms with Gasteiger partial charge in [0.25, 0.3) is 8.32 Å². The molecule has 1 N–H and O–H groups in total. The first-order valence-electron chi connectivity index (χ1n) is 15.7. The van der Waals surface area contributed by atoms with Crippen LogP contribution in [-0.4, -0.2) is 65.3 Å². The van der Waals surface area contributed by atoms with E-state index >= 15 is 0 Å². The van der Waals surface area contributed by atoms with E-state index in [0.717, 1.165) is 18.1 Å². The Bertz CT molecular complexity index is 1070. The van der Waals surface area contributed by atoms with Crippen molar-refractivity contribution in [3.8, 4) is 0 Å².